The SMILES string of the molecule is CC(C)C[C@H]1NC2(CCN(S(=O)(=O)c3ccc(Cl)c(Cl)c3)CC2)N(Cc2cccc(C(F)(F)F)c2)C1=O. The van der Waals surface area contributed by atoms with Crippen LogP contribution < -0.4 is 5.32 Å². The Balaban J connectivity index is 1.59. The van der Waals surface area contributed by atoms with Crippen LogP contribution in [0.5, 0.6) is 0 Å². The number of carbonyl (C=O) groups is 1. The van der Waals surface area contributed by atoms with Crippen molar-refractivity contribution in [1.29, 1.82) is 0 Å². The molecule has 37 heavy (non-hydrogen) atoms. The molecule has 2 aromatic rings. The van der Waals surface area contributed by atoms with Crippen LogP contribution in [0, 0.1) is 5.92 Å². The molecule has 1 N–H and O–H groups in total. The van der Waals surface area contributed by atoms with Crippen molar-refractivity contribution in [2.75, 3.05) is 13.1 Å². The van der Waals surface area contributed by atoms with Gasteiger partial charge in [0, 0.05) is 19.6 Å². The quantitative estimate of drug-likeness (QED) is 0.489. The smallest absolute Gasteiger partial charge is 0.319 e. The summed E-state index contributed by atoms with van der Waals surface area (Å²) in [7, 11) is -3.86. The topological polar surface area (TPSA) is 69.7 Å². The highest BCUT2D eigenvalue weighted by Gasteiger charge is 2.52. The van der Waals surface area contributed by atoms with Gasteiger partial charge in [-0.25, -0.2) is 8.42 Å². The maximum Gasteiger partial charge on any atom is 0.416 e. The number of rotatable bonds is 6. The van der Waals surface area contributed by atoms with E-state index in [0.717, 1.165) is 12.1 Å². The van der Waals surface area contributed by atoms with E-state index in [2.05, 4.69) is 5.32 Å². The Morgan fingerprint density at radius 2 is 1.76 bits per heavy atom. The Labute approximate surface area is 224 Å². The van der Waals surface area contributed by atoms with Crippen molar-refractivity contribution in [3.05, 3.63) is 63.6 Å². The molecular formula is C25H28Cl2F3N3O3S. The van der Waals surface area contributed by atoms with Crippen molar-refractivity contribution >= 4 is 39.1 Å². The fraction of sp³-hybridized carbons (Fsp3) is 0.480. The van der Waals surface area contributed by atoms with Gasteiger partial charge in [0.15, 0.2) is 0 Å². The van der Waals surface area contributed by atoms with Gasteiger partial charge < -0.3 is 4.90 Å². The van der Waals surface area contributed by atoms with Gasteiger partial charge in [-0.1, -0.05) is 49.2 Å². The number of nitrogens with zero attached hydrogens (tertiary/aromatic N) is 2. The van der Waals surface area contributed by atoms with E-state index in [-0.39, 0.29) is 59.2 Å². The molecule has 2 saturated heterocycles. The van der Waals surface area contributed by atoms with E-state index in [1.54, 1.807) is 11.0 Å². The Morgan fingerprint density at radius 1 is 1.08 bits per heavy atom. The molecule has 2 aliphatic heterocycles. The summed E-state index contributed by atoms with van der Waals surface area (Å²) in [6.45, 7) is 4.21. The van der Waals surface area contributed by atoms with Crippen LogP contribution in [0.15, 0.2) is 47.4 Å². The van der Waals surface area contributed by atoms with Gasteiger partial charge in [0.1, 0.15) is 0 Å². The van der Waals surface area contributed by atoms with E-state index >= 15 is 0 Å². The number of carbonyl (C=O) groups excluding carboxylic acids is 1. The third-order valence-corrected chi connectivity index (χ3v) is 9.54. The van der Waals surface area contributed by atoms with E-state index in [1.807, 2.05) is 13.8 Å². The van der Waals surface area contributed by atoms with Gasteiger partial charge in [-0.05, 0) is 61.1 Å². The summed E-state index contributed by atoms with van der Waals surface area (Å²) in [4.78, 5) is 15.1. The van der Waals surface area contributed by atoms with E-state index < -0.39 is 33.5 Å². The van der Waals surface area contributed by atoms with Crippen LogP contribution in [0.25, 0.3) is 0 Å². The maximum absolute atomic E-state index is 13.5. The van der Waals surface area contributed by atoms with Crippen molar-refractivity contribution in [2.24, 2.45) is 5.92 Å². The second-order valence-electron chi connectivity index (χ2n) is 9.96. The number of amides is 1. The van der Waals surface area contributed by atoms with Gasteiger partial charge in [0.05, 0.1) is 32.2 Å². The van der Waals surface area contributed by atoms with Gasteiger partial charge in [-0.15, -0.1) is 0 Å². The first kappa shape index (κ1) is 28.2. The molecule has 12 heteroatoms. The summed E-state index contributed by atoms with van der Waals surface area (Å²) in [6, 6.07) is 8.57. The van der Waals surface area contributed by atoms with Gasteiger partial charge in [-0.3, -0.25) is 10.1 Å². The van der Waals surface area contributed by atoms with Crippen LogP contribution in [0.1, 0.15) is 44.2 Å². The number of nitrogens with one attached hydrogen (secondary N) is 1. The highest BCUT2D eigenvalue weighted by atomic mass is 35.5. The molecule has 2 aromatic carbocycles. The van der Waals surface area contributed by atoms with Crippen molar-refractivity contribution in [3.8, 4) is 0 Å². The standard InChI is InChI=1S/C25H28Cl2F3N3O3S/c1-16(2)12-22-23(34)33(15-17-4-3-5-18(13-17)25(28,29)30)24(31-22)8-10-32(11-9-24)37(35,36)19-6-7-20(26)21(27)14-19/h3-7,13-14,16,22,31H,8-12,15H2,1-2H3/t22-/m1/s1. The first-order valence-corrected chi connectivity index (χ1v) is 14.1. The van der Waals surface area contributed by atoms with Gasteiger partial charge >= 0.3 is 6.18 Å². The zero-order chi connectivity index (χ0) is 27.2. The van der Waals surface area contributed by atoms with Crippen LogP contribution in [-0.4, -0.2) is 48.3 Å². The molecule has 4 rings (SSSR count). The molecule has 0 unspecified atom stereocenters. The molecule has 2 heterocycles. The summed E-state index contributed by atoms with van der Waals surface area (Å²) in [5.41, 5.74) is -1.28. The largest absolute Gasteiger partial charge is 0.416 e. The zero-order valence-electron chi connectivity index (χ0n) is 20.4. The molecule has 1 amide bonds. The van der Waals surface area contributed by atoms with Gasteiger partial charge in [-0.2, -0.15) is 17.5 Å². The predicted molar refractivity (Wildman–Crippen MR) is 136 cm³/mol. The summed E-state index contributed by atoms with van der Waals surface area (Å²) in [6.07, 6.45) is -3.37. The molecule has 202 valence electrons. The molecule has 0 bridgehead atoms. The molecule has 0 aromatic heterocycles. The van der Waals surface area contributed by atoms with Gasteiger partial charge in [0.2, 0.25) is 15.9 Å². The first-order chi connectivity index (χ1) is 17.2. The molecule has 0 radical (unpaired) electrons. The third kappa shape index (κ3) is 5.78. The van der Waals surface area contributed by atoms with Crippen molar-refractivity contribution in [1.82, 2.24) is 14.5 Å². The van der Waals surface area contributed by atoms with Crippen molar-refractivity contribution in [3.63, 3.8) is 0 Å². The van der Waals surface area contributed by atoms with Crippen molar-refractivity contribution < 1.29 is 26.4 Å². The summed E-state index contributed by atoms with van der Waals surface area (Å²) >= 11 is 12.0. The molecule has 6 nitrogen and oxygen atoms in total. The number of hydrogen-bond donors (Lipinski definition) is 1. The Hall–Kier alpha value is -1.85. The monoisotopic (exact) mass is 577 g/mol. The lowest BCUT2D eigenvalue weighted by Gasteiger charge is -2.44. The summed E-state index contributed by atoms with van der Waals surface area (Å²) in [5.74, 6) is 0.0222. The predicted octanol–water partition coefficient (Wildman–Crippen LogP) is 5.54. The van der Waals surface area contributed by atoms with E-state index in [0.29, 0.717) is 12.0 Å². The first-order valence-electron chi connectivity index (χ1n) is 11.9. The van der Waals surface area contributed by atoms with Crippen molar-refractivity contribution in [2.45, 2.75) is 62.4 Å². The lowest BCUT2D eigenvalue weighted by molar-refractivity contribution is -0.137. The molecule has 2 fully saturated rings. The molecule has 0 aliphatic carbocycles. The lowest BCUT2D eigenvalue weighted by atomic mass is 9.96. The lowest BCUT2D eigenvalue weighted by Crippen LogP contribution is -2.59. The molecule has 1 atom stereocenters. The average Bonchev–Trinajstić information content (AvgIpc) is 3.05. The number of alkyl halides is 3. The Bertz CT molecular complexity index is 1280. The normalized spacial score (nSPS) is 20.8. The van der Waals surface area contributed by atoms with Gasteiger partial charge in [0.25, 0.3) is 0 Å². The minimum Gasteiger partial charge on any atom is -0.319 e. The number of benzene rings is 2. The minimum absolute atomic E-state index is 0.0100. The van der Waals surface area contributed by atoms with E-state index in [4.69, 9.17) is 23.2 Å². The Morgan fingerprint density at radius 3 is 2.35 bits per heavy atom. The highest BCUT2D eigenvalue weighted by Crippen LogP contribution is 2.38. The third-order valence-electron chi connectivity index (χ3n) is 6.90. The second-order valence-corrected chi connectivity index (χ2v) is 12.7. The van der Waals surface area contributed by atoms with Crippen LogP contribution in [-0.2, 0) is 27.5 Å². The average molecular weight is 578 g/mol. The zero-order valence-corrected chi connectivity index (χ0v) is 22.7. The van der Waals surface area contributed by atoms with E-state index in [9.17, 15) is 26.4 Å². The van der Waals surface area contributed by atoms with Crippen LogP contribution in [0.3, 0.4) is 0 Å². The second kappa shape index (κ2) is 10.4. The minimum atomic E-state index is -4.49. The van der Waals surface area contributed by atoms with Crippen LogP contribution in [0.2, 0.25) is 10.0 Å². The maximum atomic E-state index is 13.5. The number of piperidine rings is 1. The van der Waals surface area contributed by atoms with Crippen LogP contribution >= 0.6 is 23.2 Å². The number of halogens is 5. The molecule has 2 aliphatic rings. The molecule has 0 saturated carbocycles. The molecular weight excluding hydrogens is 550 g/mol. The summed E-state index contributed by atoms with van der Waals surface area (Å²) in [5, 5.41) is 3.80. The van der Waals surface area contributed by atoms with E-state index in [1.165, 1.54) is 28.6 Å². The fourth-order valence-electron chi connectivity index (χ4n) is 5.05. The number of sulfonamides is 1. The highest BCUT2D eigenvalue weighted by molar-refractivity contribution is 7.89. The van der Waals surface area contributed by atoms with Crippen LogP contribution in [0.4, 0.5) is 13.2 Å². The molecule has 1 spiro atoms. The summed E-state index contributed by atoms with van der Waals surface area (Å²) < 4.78 is 67.7. The fourth-order valence-corrected chi connectivity index (χ4v) is 6.88. The number of hydrogen-bond acceptors (Lipinski definition) is 4. The Kier molecular flexibility index (Phi) is 7.90.